The van der Waals surface area contributed by atoms with Gasteiger partial charge in [0.15, 0.2) is 0 Å². The molecule has 0 bridgehead atoms. The fourth-order valence-corrected chi connectivity index (χ4v) is 0.680. The van der Waals surface area contributed by atoms with Crippen LogP contribution < -0.4 is 0 Å². The molecule has 2 nitrogen and oxygen atoms in total. The number of carboxylic acid groups (broad SMARTS) is 1. The van der Waals surface area contributed by atoms with Gasteiger partial charge in [0, 0.05) is 6.92 Å². The van der Waals surface area contributed by atoms with Crippen molar-refractivity contribution in [2.75, 3.05) is 0 Å². The van der Waals surface area contributed by atoms with Crippen LogP contribution in [0, 0.1) is 0 Å². The molecule has 0 aliphatic rings. The predicted octanol–water partition coefficient (Wildman–Crippen LogP) is 1.19. The van der Waals surface area contributed by atoms with Gasteiger partial charge in [0.25, 0.3) is 5.97 Å². The van der Waals surface area contributed by atoms with Gasteiger partial charge in [-0.1, -0.05) is 12.1 Å². The maximum atomic E-state index is 9.00. The number of thiophene rings is 1. The monoisotopic (exact) mass is 168 g/mol. The topological polar surface area (TPSA) is 37.3 Å². The van der Waals surface area contributed by atoms with Crippen LogP contribution in [0.2, 0.25) is 0 Å². The number of rotatable bonds is 0. The molecule has 1 N–H and O–H groups in total. The molecule has 4 heteroatoms. The second kappa shape index (κ2) is 9.17. The molecule has 1 aromatic rings. The van der Waals surface area contributed by atoms with E-state index in [9.17, 15) is 0 Å². The third kappa shape index (κ3) is 15.7. The first-order valence-corrected chi connectivity index (χ1v) is 3.34. The standard InChI is InChI=1S/C4H4S.C2H4O2.Na.H/c1-2-4-5-3-1;1-2(3)4;;/h1-4H;1H3,(H,3,4);;. The van der Waals surface area contributed by atoms with Crippen LogP contribution in [0.15, 0.2) is 22.9 Å². The molecule has 0 atom stereocenters. The van der Waals surface area contributed by atoms with Crippen molar-refractivity contribution in [3.8, 4) is 0 Å². The molecule has 0 saturated carbocycles. The van der Waals surface area contributed by atoms with Crippen molar-refractivity contribution in [1.82, 2.24) is 0 Å². The summed E-state index contributed by atoms with van der Waals surface area (Å²) < 4.78 is 0. The first-order chi connectivity index (χ1) is 4.23. The van der Waals surface area contributed by atoms with E-state index in [2.05, 4.69) is 0 Å². The maximum absolute atomic E-state index is 9.00. The Labute approximate surface area is 86.2 Å². The molecule has 0 radical (unpaired) electrons. The molecule has 0 saturated heterocycles. The molecule has 0 aliphatic carbocycles. The minimum absolute atomic E-state index is 0. The van der Waals surface area contributed by atoms with Gasteiger partial charge in [0.05, 0.1) is 0 Å². The van der Waals surface area contributed by atoms with E-state index in [1.807, 2.05) is 22.9 Å². The van der Waals surface area contributed by atoms with Gasteiger partial charge in [-0.15, -0.1) is 0 Å². The molecule has 1 heterocycles. The minimum atomic E-state index is -0.833. The van der Waals surface area contributed by atoms with Gasteiger partial charge in [-0.25, -0.2) is 0 Å². The van der Waals surface area contributed by atoms with E-state index in [4.69, 9.17) is 9.90 Å². The Morgan fingerprint density at radius 3 is 1.80 bits per heavy atom. The van der Waals surface area contributed by atoms with Crippen molar-refractivity contribution in [2.24, 2.45) is 0 Å². The Balaban J connectivity index is 0. The number of aliphatic carboxylic acids is 1. The third-order valence-electron chi connectivity index (χ3n) is 0.425. The molecule has 0 spiro atoms. The van der Waals surface area contributed by atoms with E-state index < -0.39 is 5.97 Å². The van der Waals surface area contributed by atoms with Gasteiger partial charge in [0.1, 0.15) is 0 Å². The van der Waals surface area contributed by atoms with Crippen molar-refractivity contribution < 1.29 is 9.90 Å². The summed E-state index contributed by atoms with van der Waals surface area (Å²) in [5.74, 6) is -0.833. The Kier molecular flexibility index (Phi) is 11.7. The van der Waals surface area contributed by atoms with Gasteiger partial charge in [-0.05, 0) is 10.8 Å². The molecule has 0 amide bonds. The van der Waals surface area contributed by atoms with E-state index in [-0.39, 0.29) is 29.6 Å². The normalized spacial score (nSPS) is 6.50. The summed E-state index contributed by atoms with van der Waals surface area (Å²) in [6, 6.07) is 4.04. The Hall–Kier alpha value is 0.170. The van der Waals surface area contributed by atoms with Crippen LogP contribution in [0.4, 0.5) is 0 Å². The van der Waals surface area contributed by atoms with E-state index >= 15 is 0 Å². The van der Waals surface area contributed by atoms with Crippen molar-refractivity contribution in [3.63, 3.8) is 0 Å². The van der Waals surface area contributed by atoms with E-state index in [1.54, 1.807) is 11.3 Å². The Bertz CT molecular complexity index is 130. The van der Waals surface area contributed by atoms with E-state index in [0.29, 0.717) is 0 Å². The Morgan fingerprint density at radius 2 is 1.70 bits per heavy atom. The van der Waals surface area contributed by atoms with Gasteiger partial charge in [0.2, 0.25) is 0 Å². The second-order valence-electron chi connectivity index (χ2n) is 1.31. The number of carboxylic acids is 1. The molecule has 52 valence electrons. The molecular weight excluding hydrogens is 159 g/mol. The third-order valence-corrected chi connectivity index (χ3v) is 1.05. The first-order valence-electron chi connectivity index (χ1n) is 2.40. The largest absolute Gasteiger partial charge is 0.152 e. The second-order valence-corrected chi connectivity index (χ2v) is 2.13. The predicted molar refractivity (Wildman–Crippen MR) is 44.8 cm³/mol. The average molecular weight is 168 g/mol. The molecule has 1 aromatic heterocycles. The first kappa shape index (κ1) is 12.8. The van der Waals surface area contributed by atoms with Crippen LogP contribution in [0.25, 0.3) is 0 Å². The van der Waals surface area contributed by atoms with Gasteiger partial charge >= 0.3 is 29.6 Å². The number of hydrogen-bond acceptors (Lipinski definition) is 2. The molecule has 0 aromatic carbocycles. The summed E-state index contributed by atoms with van der Waals surface area (Å²) in [5.41, 5.74) is 0. The SMILES string of the molecule is CC(=O)O.[NaH].c1ccsc1. The number of hydrogen-bond donors (Lipinski definition) is 1. The fourth-order valence-electron chi connectivity index (χ4n) is 0.227. The van der Waals surface area contributed by atoms with Gasteiger partial charge in [-0.2, -0.15) is 11.3 Å². The summed E-state index contributed by atoms with van der Waals surface area (Å²) in [7, 11) is 0. The zero-order chi connectivity index (χ0) is 7.11. The molecule has 0 unspecified atom stereocenters. The fraction of sp³-hybridized carbons (Fsp3) is 0.167. The van der Waals surface area contributed by atoms with Gasteiger partial charge < -0.3 is 5.11 Å². The molecule has 0 fully saturated rings. The zero-order valence-electron chi connectivity index (χ0n) is 5.07. The van der Waals surface area contributed by atoms with E-state index in [0.717, 1.165) is 6.92 Å². The van der Waals surface area contributed by atoms with Crippen LogP contribution in [0.1, 0.15) is 6.92 Å². The quantitative estimate of drug-likeness (QED) is 0.591. The molecular formula is C6H9NaO2S. The smallest absolute Gasteiger partial charge is 0.00934 e. The Morgan fingerprint density at radius 1 is 1.40 bits per heavy atom. The summed E-state index contributed by atoms with van der Waals surface area (Å²) >= 11 is 1.71. The molecule has 10 heavy (non-hydrogen) atoms. The maximum Gasteiger partial charge on any atom is -0.00934 e. The molecule has 0 aliphatic heterocycles. The van der Waals surface area contributed by atoms with Crippen LogP contribution in [-0.4, -0.2) is 40.6 Å². The number of carbonyl (C=O) groups is 1. The van der Waals surface area contributed by atoms with Crippen LogP contribution in [0.3, 0.4) is 0 Å². The van der Waals surface area contributed by atoms with E-state index in [1.165, 1.54) is 0 Å². The van der Waals surface area contributed by atoms with Crippen LogP contribution >= 0.6 is 11.3 Å². The zero-order valence-corrected chi connectivity index (χ0v) is 5.89. The summed E-state index contributed by atoms with van der Waals surface area (Å²) in [6.07, 6.45) is 0. The van der Waals surface area contributed by atoms with Crippen molar-refractivity contribution >= 4 is 46.9 Å². The van der Waals surface area contributed by atoms with Crippen LogP contribution in [-0.2, 0) is 4.79 Å². The van der Waals surface area contributed by atoms with Crippen molar-refractivity contribution in [1.29, 1.82) is 0 Å². The van der Waals surface area contributed by atoms with Crippen LogP contribution in [0.5, 0.6) is 0 Å². The summed E-state index contributed by atoms with van der Waals surface area (Å²) in [5, 5.41) is 11.5. The summed E-state index contributed by atoms with van der Waals surface area (Å²) in [6.45, 7) is 1.08. The molecule has 1 rings (SSSR count). The minimum Gasteiger partial charge on any atom is -0.152 e. The van der Waals surface area contributed by atoms with Crippen molar-refractivity contribution in [2.45, 2.75) is 6.92 Å². The van der Waals surface area contributed by atoms with Gasteiger partial charge in [-0.3, -0.25) is 4.79 Å². The average Bonchev–Trinajstić information content (AvgIpc) is 2.11. The summed E-state index contributed by atoms with van der Waals surface area (Å²) in [4.78, 5) is 9.00. The van der Waals surface area contributed by atoms with Crippen molar-refractivity contribution in [3.05, 3.63) is 22.9 Å².